The molecule has 132 valence electrons. The van der Waals surface area contributed by atoms with Crippen LogP contribution >= 0.6 is 15.9 Å². The van der Waals surface area contributed by atoms with Gasteiger partial charge in [0.1, 0.15) is 11.4 Å². The lowest BCUT2D eigenvalue weighted by Crippen LogP contribution is -2.37. The first-order chi connectivity index (χ1) is 11.9. The third kappa shape index (κ3) is 4.38. The zero-order valence-corrected chi connectivity index (χ0v) is 16.2. The van der Waals surface area contributed by atoms with Crippen molar-refractivity contribution in [3.8, 4) is 5.75 Å². The third-order valence-corrected chi connectivity index (χ3v) is 4.62. The number of rotatable bonds is 5. The first-order valence-electron chi connectivity index (χ1n) is 8.20. The molecule has 0 saturated heterocycles. The van der Waals surface area contributed by atoms with Crippen LogP contribution in [0.25, 0.3) is 0 Å². The van der Waals surface area contributed by atoms with Gasteiger partial charge in [-0.05, 0) is 56.2 Å². The number of fused-ring (bicyclic) bond motifs is 1. The fourth-order valence-electron chi connectivity index (χ4n) is 2.70. The molecule has 0 amide bonds. The van der Waals surface area contributed by atoms with Gasteiger partial charge in [-0.2, -0.15) is 0 Å². The van der Waals surface area contributed by atoms with Gasteiger partial charge in [-0.3, -0.25) is 0 Å². The van der Waals surface area contributed by atoms with Crippen LogP contribution in [0, 0.1) is 0 Å². The highest BCUT2D eigenvalue weighted by Crippen LogP contribution is 2.31. The fourth-order valence-corrected chi connectivity index (χ4v) is 3.11. The Morgan fingerprint density at radius 1 is 1.28 bits per heavy atom. The van der Waals surface area contributed by atoms with Crippen molar-refractivity contribution in [2.24, 2.45) is 4.99 Å². The van der Waals surface area contributed by atoms with Crippen LogP contribution in [-0.2, 0) is 6.54 Å². The zero-order chi connectivity index (χ0) is 18.0. The van der Waals surface area contributed by atoms with Crippen molar-refractivity contribution < 1.29 is 9.84 Å². The van der Waals surface area contributed by atoms with Crippen LogP contribution in [0.3, 0.4) is 0 Å². The number of amidine groups is 1. The lowest BCUT2D eigenvalue weighted by atomic mass is 10.0. The number of benzene rings is 1. The molecule has 0 spiro atoms. The number of nitrogens with zero attached hydrogens (tertiary/aromatic N) is 3. The van der Waals surface area contributed by atoms with Gasteiger partial charge in [-0.15, -0.1) is 0 Å². The Hall–Kier alpha value is -1.92. The quantitative estimate of drug-likeness (QED) is 0.821. The third-order valence-electron chi connectivity index (χ3n) is 4.12. The molecule has 1 aliphatic rings. The van der Waals surface area contributed by atoms with E-state index in [1.165, 1.54) is 0 Å². The highest BCUT2D eigenvalue weighted by molar-refractivity contribution is 9.10. The Labute approximate surface area is 156 Å². The molecule has 1 N–H and O–H groups in total. The molecule has 0 bridgehead atoms. The van der Waals surface area contributed by atoms with E-state index in [0.717, 1.165) is 33.8 Å². The van der Waals surface area contributed by atoms with Crippen molar-refractivity contribution in [1.29, 1.82) is 0 Å². The minimum atomic E-state index is -0.726. The maximum atomic E-state index is 10.1. The van der Waals surface area contributed by atoms with Crippen LogP contribution in [0.2, 0.25) is 0 Å². The molecular formula is C19H22BrN3O2. The smallest absolute Gasteiger partial charge is 0.155 e. The van der Waals surface area contributed by atoms with E-state index in [0.29, 0.717) is 18.7 Å². The van der Waals surface area contributed by atoms with Crippen molar-refractivity contribution >= 4 is 27.5 Å². The second kappa shape index (κ2) is 7.14. The zero-order valence-electron chi connectivity index (χ0n) is 14.7. The summed E-state index contributed by atoms with van der Waals surface area (Å²) in [5.74, 6) is 1.54. The predicted octanol–water partition coefficient (Wildman–Crippen LogP) is 3.91. The fraction of sp³-hybridized carbons (Fsp3) is 0.368. The highest BCUT2D eigenvalue weighted by Gasteiger charge is 2.24. The SMILES string of the molecule is COc1ccc(C2=Nc3ccc(Br)cc3CN2CCC(C)(C)O)nc1. The average molecular weight is 404 g/mol. The van der Waals surface area contributed by atoms with Gasteiger partial charge in [0.25, 0.3) is 0 Å². The molecule has 3 rings (SSSR count). The van der Waals surface area contributed by atoms with Crippen LogP contribution in [0.5, 0.6) is 5.75 Å². The van der Waals surface area contributed by atoms with Gasteiger partial charge in [-0.25, -0.2) is 9.98 Å². The van der Waals surface area contributed by atoms with Gasteiger partial charge in [0.2, 0.25) is 0 Å². The molecule has 0 saturated carbocycles. The Bertz CT molecular complexity index is 782. The lowest BCUT2D eigenvalue weighted by molar-refractivity contribution is 0.0640. The van der Waals surface area contributed by atoms with Gasteiger partial charge in [0.05, 0.1) is 24.6 Å². The normalized spacial score (nSPS) is 14.1. The maximum absolute atomic E-state index is 10.1. The van der Waals surface area contributed by atoms with E-state index in [1.54, 1.807) is 13.3 Å². The summed E-state index contributed by atoms with van der Waals surface area (Å²) in [6, 6.07) is 9.90. The molecule has 1 aromatic carbocycles. The second-order valence-electron chi connectivity index (χ2n) is 6.78. The van der Waals surface area contributed by atoms with E-state index in [-0.39, 0.29) is 0 Å². The van der Waals surface area contributed by atoms with Crippen LogP contribution in [0.1, 0.15) is 31.5 Å². The van der Waals surface area contributed by atoms with Crippen LogP contribution in [0.4, 0.5) is 5.69 Å². The molecule has 1 aliphatic heterocycles. The predicted molar refractivity (Wildman–Crippen MR) is 102 cm³/mol. The summed E-state index contributed by atoms with van der Waals surface area (Å²) in [6.45, 7) is 5.08. The number of halogens is 1. The minimum absolute atomic E-state index is 0.644. The Morgan fingerprint density at radius 3 is 2.72 bits per heavy atom. The van der Waals surface area contributed by atoms with Gasteiger partial charge in [0, 0.05) is 17.6 Å². The molecule has 1 aromatic heterocycles. The number of hydrogen-bond donors (Lipinski definition) is 1. The molecular weight excluding hydrogens is 382 g/mol. The maximum Gasteiger partial charge on any atom is 0.155 e. The summed E-state index contributed by atoms with van der Waals surface area (Å²) in [7, 11) is 1.62. The summed E-state index contributed by atoms with van der Waals surface area (Å²) in [5.41, 5.74) is 2.18. The summed E-state index contributed by atoms with van der Waals surface area (Å²) >= 11 is 3.52. The molecule has 2 aromatic rings. The lowest BCUT2D eigenvalue weighted by Gasteiger charge is -2.32. The van der Waals surface area contributed by atoms with Crippen LogP contribution in [0.15, 0.2) is 46.0 Å². The van der Waals surface area contributed by atoms with Crippen LogP contribution in [-0.4, -0.2) is 40.1 Å². The van der Waals surface area contributed by atoms with E-state index in [1.807, 2.05) is 38.1 Å². The van der Waals surface area contributed by atoms with Crippen molar-refractivity contribution in [3.05, 3.63) is 52.3 Å². The number of aliphatic imine (C=N–C) groups is 1. The van der Waals surface area contributed by atoms with E-state index in [2.05, 4.69) is 31.9 Å². The van der Waals surface area contributed by atoms with Gasteiger partial charge in [-0.1, -0.05) is 15.9 Å². The number of hydrogen-bond acceptors (Lipinski definition) is 5. The van der Waals surface area contributed by atoms with E-state index < -0.39 is 5.60 Å². The molecule has 25 heavy (non-hydrogen) atoms. The number of methoxy groups -OCH3 is 1. The molecule has 6 heteroatoms. The first kappa shape index (κ1) is 17.9. The van der Waals surface area contributed by atoms with E-state index in [9.17, 15) is 5.11 Å². The van der Waals surface area contributed by atoms with Crippen molar-refractivity contribution in [2.75, 3.05) is 13.7 Å². The van der Waals surface area contributed by atoms with Gasteiger partial charge in [0.15, 0.2) is 5.84 Å². The standard InChI is InChI=1S/C19H22BrN3O2/c1-19(2,24)8-9-23-12-13-10-14(20)4-6-16(13)22-18(23)17-7-5-15(25-3)11-21-17/h4-7,10-11,24H,8-9,12H2,1-3H3. The topological polar surface area (TPSA) is 58.0 Å². The molecule has 0 aliphatic carbocycles. The summed E-state index contributed by atoms with van der Waals surface area (Å²) in [4.78, 5) is 11.5. The Morgan fingerprint density at radius 2 is 2.08 bits per heavy atom. The second-order valence-corrected chi connectivity index (χ2v) is 7.69. The van der Waals surface area contributed by atoms with Crippen molar-refractivity contribution in [1.82, 2.24) is 9.88 Å². The molecule has 0 unspecified atom stereocenters. The molecule has 0 fully saturated rings. The minimum Gasteiger partial charge on any atom is -0.495 e. The first-order valence-corrected chi connectivity index (χ1v) is 9.00. The van der Waals surface area contributed by atoms with Crippen molar-refractivity contribution in [2.45, 2.75) is 32.4 Å². The largest absolute Gasteiger partial charge is 0.495 e. The number of aromatic nitrogens is 1. The monoisotopic (exact) mass is 403 g/mol. The highest BCUT2D eigenvalue weighted by atomic mass is 79.9. The van der Waals surface area contributed by atoms with E-state index in [4.69, 9.17) is 9.73 Å². The molecule has 0 radical (unpaired) electrons. The number of ether oxygens (including phenoxy) is 1. The summed E-state index contributed by atoms with van der Waals surface area (Å²) in [6.07, 6.45) is 2.34. The van der Waals surface area contributed by atoms with Crippen LogP contribution < -0.4 is 4.74 Å². The summed E-state index contributed by atoms with van der Waals surface area (Å²) < 4.78 is 6.23. The molecule has 5 nitrogen and oxygen atoms in total. The van der Waals surface area contributed by atoms with E-state index >= 15 is 0 Å². The van der Waals surface area contributed by atoms with Gasteiger partial charge < -0.3 is 14.7 Å². The Balaban J connectivity index is 1.96. The number of pyridine rings is 1. The molecule has 0 atom stereocenters. The Kier molecular flexibility index (Phi) is 5.11. The molecule has 2 heterocycles. The number of aliphatic hydroxyl groups is 1. The summed E-state index contributed by atoms with van der Waals surface area (Å²) in [5, 5.41) is 10.1. The van der Waals surface area contributed by atoms with Gasteiger partial charge >= 0.3 is 0 Å². The average Bonchev–Trinajstić information content (AvgIpc) is 2.58. The van der Waals surface area contributed by atoms with Crippen molar-refractivity contribution in [3.63, 3.8) is 0 Å².